The number of likely N-dealkylation sites (tertiary alicyclic amines) is 1. The van der Waals surface area contributed by atoms with Gasteiger partial charge in [0.05, 0.1) is 11.9 Å². The summed E-state index contributed by atoms with van der Waals surface area (Å²) in [5, 5.41) is 8.00. The third-order valence-electron chi connectivity index (χ3n) is 8.25. The standard InChI is InChI=1S/C34H45N9O/c1-24(43-15-7-9-27(23-43)40-33(44)29-21-38-30(22-37-29)34(2,3)4)20-25-8-6-14-36-31(25)32(35)39-26-10-12-28(13-11-26)42-18-16-41(5)17-19-42/h6,8,10-14,20-22,27,39H,1,7,9,15-19,23,35H2,2-5H3,(H,40,44)/b25-20-,32-31-/t27-/m1/s1. The molecule has 2 aromatic heterocycles. The van der Waals surface area contributed by atoms with Gasteiger partial charge in [-0.25, -0.2) is 4.98 Å². The molecule has 5 rings (SSSR count). The van der Waals surface area contributed by atoms with E-state index in [1.165, 1.54) is 5.69 Å². The van der Waals surface area contributed by atoms with Gasteiger partial charge in [-0.1, -0.05) is 33.4 Å². The smallest absolute Gasteiger partial charge is 0.271 e. The number of carbonyl (C=O) groups is 1. The molecular weight excluding hydrogens is 550 g/mol. The van der Waals surface area contributed by atoms with E-state index >= 15 is 0 Å². The number of amides is 1. The molecule has 2 aliphatic rings. The minimum Gasteiger partial charge on any atom is -0.383 e. The number of hydrogen-bond donors (Lipinski definition) is 3. The first-order valence-corrected chi connectivity index (χ1v) is 15.4. The molecule has 10 nitrogen and oxygen atoms in total. The molecule has 44 heavy (non-hydrogen) atoms. The summed E-state index contributed by atoms with van der Waals surface area (Å²) in [6.07, 6.45) is 8.82. The van der Waals surface area contributed by atoms with Gasteiger partial charge >= 0.3 is 0 Å². The molecule has 2 aliphatic heterocycles. The Bertz CT molecular complexity index is 1570. The molecule has 4 N–H and O–H groups in total. The third-order valence-corrected chi connectivity index (χ3v) is 8.25. The van der Waals surface area contributed by atoms with Crippen molar-refractivity contribution in [2.24, 2.45) is 5.73 Å². The Morgan fingerprint density at radius 3 is 2.45 bits per heavy atom. The van der Waals surface area contributed by atoms with Gasteiger partial charge in [-0.3, -0.25) is 14.8 Å². The lowest BCUT2D eigenvalue weighted by Gasteiger charge is -2.35. The second kappa shape index (κ2) is 13.5. The molecule has 4 heterocycles. The first kappa shape index (κ1) is 31.0. The van der Waals surface area contributed by atoms with Crippen LogP contribution in [0.1, 0.15) is 49.8 Å². The molecule has 1 amide bonds. The fraction of sp³-hybridized carbons (Fsp3) is 0.412. The molecule has 1 atom stereocenters. The van der Waals surface area contributed by atoms with Gasteiger partial charge in [0.15, 0.2) is 0 Å². The fourth-order valence-corrected chi connectivity index (χ4v) is 5.51. The quantitative estimate of drug-likeness (QED) is 0.378. The van der Waals surface area contributed by atoms with E-state index in [0.29, 0.717) is 23.4 Å². The number of piperidine rings is 1. The fourth-order valence-electron chi connectivity index (χ4n) is 5.51. The van der Waals surface area contributed by atoms with Crippen molar-refractivity contribution in [1.29, 1.82) is 0 Å². The van der Waals surface area contributed by atoms with Crippen LogP contribution in [0.3, 0.4) is 0 Å². The SMILES string of the molecule is C=C(/C=c1/cccn/c1=C(/N)Nc1ccc(N2CCN(C)CC2)cc1)N1CCC[C@@H](NC(=O)c2cnc(C(C)(C)C)cn2)C1. The summed E-state index contributed by atoms with van der Waals surface area (Å²) in [6.45, 7) is 16.3. The van der Waals surface area contributed by atoms with E-state index < -0.39 is 0 Å². The van der Waals surface area contributed by atoms with Crippen LogP contribution in [0.2, 0.25) is 0 Å². The molecule has 2 fully saturated rings. The minimum atomic E-state index is -0.209. The number of carbonyl (C=O) groups excluding carboxylic acids is 1. The number of pyridine rings is 1. The van der Waals surface area contributed by atoms with Crippen molar-refractivity contribution < 1.29 is 4.79 Å². The highest BCUT2D eigenvalue weighted by atomic mass is 16.2. The normalized spacial score (nSPS) is 19.0. The first-order chi connectivity index (χ1) is 21.1. The Balaban J connectivity index is 1.25. The van der Waals surface area contributed by atoms with Gasteiger partial charge in [0.2, 0.25) is 0 Å². The number of anilines is 2. The van der Waals surface area contributed by atoms with Crippen molar-refractivity contribution in [1.82, 2.24) is 30.1 Å². The lowest BCUT2D eigenvalue weighted by atomic mass is 9.93. The maximum absolute atomic E-state index is 12.9. The Labute approximate surface area is 260 Å². The zero-order chi connectivity index (χ0) is 31.3. The Morgan fingerprint density at radius 2 is 1.77 bits per heavy atom. The summed E-state index contributed by atoms with van der Waals surface area (Å²) >= 11 is 0. The van der Waals surface area contributed by atoms with Crippen molar-refractivity contribution >= 4 is 29.2 Å². The Morgan fingerprint density at radius 1 is 1.02 bits per heavy atom. The number of aromatic nitrogens is 3. The highest BCUT2D eigenvalue weighted by Crippen LogP contribution is 2.21. The number of nitrogens with one attached hydrogen (secondary N) is 2. The highest BCUT2D eigenvalue weighted by Gasteiger charge is 2.23. The average molecular weight is 596 g/mol. The van der Waals surface area contributed by atoms with Crippen molar-refractivity contribution in [2.75, 3.05) is 56.5 Å². The van der Waals surface area contributed by atoms with Gasteiger partial charge in [-0.05, 0) is 56.3 Å². The number of nitrogens with two attached hydrogens (primary N) is 1. The maximum Gasteiger partial charge on any atom is 0.271 e. The number of nitrogens with zero attached hydrogens (tertiary/aromatic N) is 6. The van der Waals surface area contributed by atoms with Crippen LogP contribution in [0.5, 0.6) is 0 Å². The molecule has 0 radical (unpaired) electrons. The second-order valence-corrected chi connectivity index (χ2v) is 12.7. The predicted molar refractivity (Wildman–Crippen MR) is 177 cm³/mol. The maximum atomic E-state index is 12.9. The molecule has 0 bridgehead atoms. The minimum absolute atomic E-state index is 0.0222. The van der Waals surface area contributed by atoms with Crippen molar-refractivity contribution in [3.05, 3.63) is 89.2 Å². The predicted octanol–water partition coefficient (Wildman–Crippen LogP) is 2.25. The largest absolute Gasteiger partial charge is 0.383 e. The summed E-state index contributed by atoms with van der Waals surface area (Å²) < 4.78 is 0. The van der Waals surface area contributed by atoms with Crippen molar-refractivity contribution in [2.45, 2.75) is 45.1 Å². The number of rotatable bonds is 7. The van der Waals surface area contributed by atoms with Crippen molar-refractivity contribution in [3.63, 3.8) is 0 Å². The molecule has 2 saturated heterocycles. The topological polar surface area (TPSA) is 116 Å². The lowest BCUT2D eigenvalue weighted by Crippen LogP contribution is -2.47. The summed E-state index contributed by atoms with van der Waals surface area (Å²) in [4.78, 5) is 33.3. The molecule has 232 valence electrons. The number of allylic oxidation sites excluding steroid dienone is 1. The summed E-state index contributed by atoms with van der Waals surface area (Å²) in [5.74, 6) is 0.262. The van der Waals surface area contributed by atoms with Gasteiger partial charge in [-0.15, -0.1) is 0 Å². The van der Waals surface area contributed by atoms with E-state index in [0.717, 1.165) is 67.9 Å². The molecule has 3 aromatic rings. The summed E-state index contributed by atoms with van der Waals surface area (Å²) in [6, 6.07) is 12.2. The van der Waals surface area contributed by atoms with Gasteiger partial charge in [0, 0.05) is 85.4 Å². The zero-order valence-electron chi connectivity index (χ0n) is 26.4. The number of piperazine rings is 1. The van der Waals surface area contributed by atoms with Crippen LogP contribution in [0.25, 0.3) is 11.9 Å². The van der Waals surface area contributed by atoms with Crippen LogP contribution in [0.15, 0.2) is 67.3 Å². The van der Waals surface area contributed by atoms with Gasteiger partial charge < -0.3 is 31.1 Å². The Hall–Kier alpha value is -4.44. The third kappa shape index (κ3) is 7.74. The molecule has 1 aromatic carbocycles. The van der Waals surface area contributed by atoms with Crippen LogP contribution in [-0.2, 0) is 5.41 Å². The molecule has 0 saturated carbocycles. The van der Waals surface area contributed by atoms with E-state index in [1.54, 1.807) is 18.6 Å². The van der Waals surface area contributed by atoms with Crippen LogP contribution in [0, 0.1) is 0 Å². The average Bonchev–Trinajstić information content (AvgIpc) is 3.02. The number of hydrogen-bond acceptors (Lipinski definition) is 9. The first-order valence-electron chi connectivity index (χ1n) is 15.4. The van der Waals surface area contributed by atoms with E-state index in [9.17, 15) is 4.79 Å². The van der Waals surface area contributed by atoms with Crippen LogP contribution in [0.4, 0.5) is 11.4 Å². The monoisotopic (exact) mass is 595 g/mol. The molecule has 0 aliphatic carbocycles. The lowest BCUT2D eigenvalue weighted by molar-refractivity contribution is 0.0909. The molecule has 10 heteroatoms. The molecule has 0 unspecified atom stereocenters. The molecular formula is C34H45N9O. The Kier molecular flexibility index (Phi) is 9.49. The summed E-state index contributed by atoms with van der Waals surface area (Å²) in [7, 11) is 2.16. The van der Waals surface area contributed by atoms with Crippen LogP contribution >= 0.6 is 0 Å². The van der Waals surface area contributed by atoms with E-state index in [2.05, 4.69) is 98.9 Å². The van der Waals surface area contributed by atoms with Gasteiger partial charge in [0.25, 0.3) is 5.91 Å². The van der Waals surface area contributed by atoms with E-state index in [4.69, 9.17) is 5.73 Å². The number of benzene rings is 1. The van der Waals surface area contributed by atoms with Crippen molar-refractivity contribution in [3.8, 4) is 0 Å². The molecule has 0 spiro atoms. The van der Waals surface area contributed by atoms with Gasteiger partial charge in [0.1, 0.15) is 16.9 Å². The van der Waals surface area contributed by atoms with Gasteiger partial charge in [-0.2, -0.15) is 0 Å². The zero-order valence-corrected chi connectivity index (χ0v) is 26.4. The van der Waals surface area contributed by atoms with E-state index in [-0.39, 0.29) is 17.4 Å². The van der Waals surface area contributed by atoms with Crippen LogP contribution in [-0.4, -0.2) is 83.0 Å². The second-order valence-electron chi connectivity index (χ2n) is 12.7. The summed E-state index contributed by atoms with van der Waals surface area (Å²) in [5.41, 5.74) is 10.6. The van der Waals surface area contributed by atoms with E-state index in [1.807, 2.05) is 18.2 Å². The van der Waals surface area contributed by atoms with Crippen LogP contribution < -0.4 is 31.8 Å². The highest BCUT2D eigenvalue weighted by molar-refractivity contribution is 5.92. The number of likely N-dealkylation sites (N-methyl/N-ethyl adjacent to an activating group) is 1.